The molecule has 0 aliphatic carbocycles. The van der Waals surface area contributed by atoms with Crippen molar-refractivity contribution < 1.29 is 4.39 Å². The molecular formula is C10H10Cl2FN. The van der Waals surface area contributed by atoms with E-state index in [9.17, 15) is 4.39 Å². The molecule has 0 bridgehead atoms. The molecule has 1 nitrogen and oxygen atoms in total. The Morgan fingerprint density at radius 2 is 1.93 bits per heavy atom. The number of benzene rings is 1. The molecule has 4 heteroatoms. The minimum Gasteiger partial charge on any atom is -0.316 e. The SMILES string of the molecule is CNCC=Cc1c(Cl)cc(F)cc1Cl. The molecule has 0 heterocycles. The van der Waals surface area contributed by atoms with Crippen molar-refractivity contribution in [1.82, 2.24) is 5.32 Å². The Balaban J connectivity index is 2.96. The Hall–Kier alpha value is -0.570. The third-order valence-electron chi connectivity index (χ3n) is 1.65. The maximum atomic E-state index is 12.8. The summed E-state index contributed by atoms with van der Waals surface area (Å²) >= 11 is 11.6. The van der Waals surface area contributed by atoms with Crippen LogP contribution in [0, 0.1) is 5.82 Å². The third kappa shape index (κ3) is 2.98. The Kier molecular flexibility index (Phi) is 4.39. The number of hydrogen-bond acceptors (Lipinski definition) is 1. The lowest BCUT2D eigenvalue weighted by Crippen LogP contribution is -2.03. The fraction of sp³-hybridized carbons (Fsp3) is 0.200. The number of halogens is 3. The molecule has 0 radical (unpaired) electrons. The fourth-order valence-electron chi connectivity index (χ4n) is 1.01. The van der Waals surface area contributed by atoms with Gasteiger partial charge in [0.15, 0.2) is 0 Å². The second kappa shape index (κ2) is 5.35. The van der Waals surface area contributed by atoms with E-state index in [-0.39, 0.29) is 0 Å². The van der Waals surface area contributed by atoms with Crippen LogP contribution in [-0.4, -0.2) is 13.6 Å². The molecule has 0 fully saturated rings. The van der Waals surface area contributed by atoms with E-state index in [1.54, 1.807) is 6.08 Å². The predicted molar refractivity (Wildman–Crippen MR) is 59.4 cm³/mol. The molecule has 1 aromatic carbocycles. The summed E-state index contributed by atoms with van der Waals surface area (Å²) in [6.07, 6.45) is 3.63. The highest BCUT2D eigenvalue weighted by Crippen LogP contribution is 2.27. The average molecular weight is 234 g/mol. The predicted octanol–water partition coefficient (Wildman–Crippen LogP) is 3.37. The van der Waals surface area contributed by atoms with E-state index in [2.05, 4.69) is 5.32 Å². The van der Waals surface area contributed by atoms with Crippen molar-refractivity contribution >= 4 is 29.3 Å². The first kappa shape index (κ1) is 11.5. The van der Waals surface area contributed by atoms with Gasteiger partial charge in [-0.05, 0) is 19.2 Å². The van der Waals surface area contributed by atoms with E-state index in [4.69, 9.17) is 23.2 Å². The van der Waals surface area contributed by atoms with Gasteiger partial charge in [0.25, 0.3) is 0 Å². The highest BCUT2D eigenvalue weighted by Gasteiger charge is 2.04. The van der Waals surface area contributed by atoms with Gasteiger partial charge in [0.1, 0.15) is 5.82 Å². The van der Waals surface area contributed by atoms with Crippen LogP contribution >= 0.6 is 23.2 Å². The van der Waals surface area contributed by atoms with Crippen molar-refractivity contribution in [1.29, 1.82) is 0 Å². The zero-order valence-electron chi connectivity index (χ0n) is 7.65. The van der Waals surface area contributed by atoms with Gasteiger partial charge in [-0.2, -0.15) is 0 Å². The number of hydrogen-bond donors (Lipinski definition) is 1. The molecule has 0 unspecified atom stereocenters. The molecule has 0 atom stereocenters. The summed E-state index contributed by atoms with van der Waals surface area (Å²) in [5.74, 6) is -0.425. The Morgan fingerprint density at radius 1 is 1.36 bits per heavy atom. The number of rotatable bonds is 3. The number of likely N-dealkylation sites (N-methyl/N-ethyl adjacent to an activating group) is 1. The summed E-state index contributed by atoms with van der Waals surface area (Å²) in [5, 5.41) is 3.58. The zero-order chi connectivity index (χ0) is 10.6. The van der Waals surface area contributed by atoms with Gasteiger partial charge in [0, 0.05) is 12.1 Å². The van der Waals surface area contributed by atoms with Crippen LogP contribution in [0.15, 0.2) is 18.2 Å². The van der Waals surface area contributed by atoms with Crippen molar-refractivity contribution in [2.24, 2.45) is 0 Å². The smallest absolute Gasteiger partial charge is 0.126 e. The van der Waals surface area contributed by atoms with Gasteiger partial charge in [-0.25, -0.2) is 4.39 Å². The van der Waals surface area contributed by atoms with Crippen LogP contribution in [0.3, 0.4) is 0 Å². The van der Waals surface area contributed by atoms with Crippen LogP contribution in [0.25, 0.3) is 6.08 Å². The molecule has 14 heavy (non-hydrogen) atoms. The van der Waals surface area contributed by atoms with Gasteiger partial charge in [0.2, 0.25) is 0 Å². The lowest BCUT2D eigenvalue weighted by atomic mass is 10.2. The summed E-state index contributed by atoms with van der Waals surface area (Å²) in [5.41, 5.74) is 0.644. The lowest BCUT2D eigenvalue weighted by molar-refractivity contribution is 0.628. The van der Waals surface area contributed by atoms with E-state index in [0.717, 1.165) is 0 Å². The summed E-state index contributed by atoms with van der Waals surface area (Å²) in [6, 6.07) is 2.49. The minimum atomic E-state index is -0.425. The van der Waals surface area contributed by atoms with Crippen LogP contribution in [0.1, 0.15) is 5.56 Å². The van der Waals surface area contributed by atoms with Gasteiger partial charge >= 0.3 is 0 Å². The van der Waals surface area contributed by atoms with E-state index in [1.165, 1.54) is 12.1 Å². The molecule has 0 aromatic heterocycles. The largest absolute Gasteiger partial charge is 0.316 e. The van der Waals surface area contributed by atoms with E-state index in [1.807, 2.05) is 13.1 Å². The molecule has 0 aliphatic rings. The van der Waals surface area contributed by atoms with Gasteiger partial charge in [-0.15, -0.1) is 0 Å². The molecule has 1 rings (SSSR count). The molecule has 0 aliphatic heterocycles. The van der Waals surface area contributed by atoms with Crippen LogP contribution in [0.4, 0.5) is 4.39 Å². The number of nitrogens with one attached hydrogen (secondary N) is 1. The highest BCUT2D eigenvalue weighted by molar-refractivity contribution is 6.37. The molecular weight excluding hydrogens is 224 g/mol. The second-order valence-corrected chi connectivity index (χ2v) is 3.56. The standard InChI is InChI=1S/C10H10Cl2FN/c1-14-4-2-3-8-9(11)5-7(13)6-10(8)12/h2-3,5-6,14H,4H2,1H3. The normalized spacial score (nSPS) is 11.1. The van der Waals surface area contributed by atoms with Gasteiger partial charge in [-0.1, -0.05) is 35.4 Å². The first-order valence-electron chi connectivity index (χ1n) is 4.11. The van der Waals surface area contributed by atoms with Crippen molar-refractivity contribution in [2.75, 3.05) is 13.6 Å². The zero-order valence-corrected chi connectivity index (χ0v) is 9.16. The van der Waals surface area contributed by atoms with Crippen LogP contribution in [-0.2, 0) is 0 Å². The van der Waals surface area contributed by atoms with Crippen LogP contribution in [0.5, 0.6) is 0 Å². The monoisotopic (exact) mass is 233 g/mol. The third-order valence-corrected chi connectivity index (χ3v) is 2.28. The van der Waals surface area contributed by atoms with Gasteiger partial charge in [0.05, 0.1) is 10.0 Å². The minimum absolute atomic E-state index is 0.322. The maximum absolute atomic E-state index is 12.8. The molecule has 0 saturated heterocycles. The lowest BCUT2D eigenvalue weighted by Gasteiger charge is -2.01. The molecule has 0 amide bonds. The van der Waals surface area contributed by atoms with E-state index < -0.39 is 5.82 Å². The molecule has 76 valence electrons. The summed E-state index contributed by atoms with van der Waals surface area (Å²) in [4.78, 5) is 0. The molecule has 0 saturated carbocycles. The maximum Gasteiger partial charge on any atom is 0.126 e. The second-order valence-electron chi connectivity index (χ2n) is 2.74. The summed E-state index contributed by atoms with van der Waals surface area (Å²) < 4.78 is 12.8. The van der Waals surface area contributed by atoms with E-state index in [0.29, 0.717) is 22.2 Å². The van der Waals surface area contributed by atoms with Crippen molar-refractivity contribution in [3.05, 3.63) is 39.6 Å². The Morgan fingerprint density at radius 3 is 2.43 bits per heavy atom. The molecule has 0 spiro atoms. The van der Waals surface area contributed by atoms with E-state index >= 15 is 0 Å². The summed E-state index contributed by atoms with van der Waals surface area (Å²) in [7, 11) is 1.83. The van der Waals surface area contributed by atoms with Crippen molar-refractivity contribution in [3.63, 3.8) is 0 Å². The topological polar surface area (TPSA) is 12.0 Å². The van der Waals surface area contributed by atoms with Crippen LogP contribution < -0.4 is 5.32 Å². The first-order chi connectivity index (χ1) is 6.65. The highest BCUT2D eigenvalue weighted by atomic mass is 35.5. The fourth-order valence-corrected chi connectivity index (χ4v) is 1.59. The molecule has 1 N–H and O–H groups in total. The van der Waals surface area contributed by atoms with Crippen LogP contribution in [0.2, 0.25) is 10.0 Å². The average Bonchev–Trinajstić information content (AvgIpc) is 2.09. The quantitative estimate of drug-likeness (QED) is 0.845. The van der Waals surface area contributed by atoms with Gasteiger partial charge < -0.3 is 5.32 Å². The molecule has 1 aromatic rings. The Labute approximate surface area is 92.5 Å². The van der Waals surface area contributed by atoms with Gasteiger partial charge in [-0.3, -0.25) is 0 Å². The Bertz CT molecular complexity index is 327. The summed E-state index contributed by atoms with van der Waals surface area (Å²) in [6.45, 7) is 0.712. The van der Waals surface area contributed by atoms with Crippen molar-refractivity contribution in [2.45, 2.75) is 0 Å². The van der Waals surface area contributed by atoms with Crippen molar-refractivity contribution in [3.8, 4) is 0 Å². The first-order valence-corrected chi connectivity index (χ1v) is 4.86.